The molecule has 0 saturated carbocycles. The van der Waals surface area contributed by atoms with Gasteiger partial charge in [0.2, 0.25) is 0 Å². The van der Waals surface area contributed by atoms with Crippen molar-refractivity contribution in [3.8, 4) is 0 Å². The molecule has 0 aromatic heterocycles. The Morgan fingerprint density at radius 3 is 2.67 bits per heavy atom. The highest BCUT2D eigenvalue weighted by Crippen LogP contribution is 2.18. The highest BCUT2D eigenvalue weighted by Gasteiger charge is 2.23. The number of rotatable bonds is 8. The fraction of sp³-hybridized carbons (Fsp3) is 1.00. The molecule has 2 atom stereocenters. The van der Waals surface area contributed by atoms with E-state index in [2.05, 4.69) is 31.0 Å². The molecule has 1 fully saturated rings. The predicted octanol–water partition coefficient (Wildman–Crippen LogP) is 2.51. The zero-order chi connectivity index (χ0) is 13.4. The van der Waals surface area contributed by atoms with Crippen molar-refractivity contribution in [2.75, 3.05) is 33.4 Å². The van der Waals surface area contributed by atoms with Crippen molar-refractivity contribution in [2.24, 2.45) is 5.92 Å². The van der Waals surface area contributed by atoms with E-state index in [4.69, 9.17) is 4.74 Å². The summed E-state index contributed by atoms with van der Waals surface area (Å²) < 4.78 is 5.30. The Balaban J connectivity index is 2.29. The van der Waals surface area contributed by atoms with E-state index < -0.39 is 0 Å². The summed E-state index contributed by atoms with van der Waals surface area (Å²) in [6.45, 7) is 11.4. The Hall–Kier alpha value is -0.120. The minimum Gasteiger partial charge on any atom is -0.384 e. The van der Waals surface area contributed by atoms with Crippen LogP contribution in [0.1, 0.15) is 46.5 Å². The Labute approximate surface area is 113 Å². The van der Waals surface area contributed by atoms with Gasteiger partial charge in [-0.25, -0.2) is 0 Å². The molecular weight excluding hydrogens is 224 g/mol. The summed E-state index contributed by atoms with van der Waals surface area (Å²) in [7, 11) is 1.82. The first-order chi connectivity index (χ1) is 8.71. The fourth-order valence-corrected chi connectivity index (χ4v) is 2.91. The summed E-state index contributed by atoms with van der Waals surface area (Å²) in [5.41, 5.74) is 0. The summed E-state index contributed by atoms with van der Waals surface area (Å²) in [6.07, 6.45) is 5.12. The minimum absolute atomic E-state index is 0.644. The van der Waals surface area contributed by atoms with Crippen molar-refractivity contribution in [3.05, 3.63) is 0 Å². The molecule has 0 aliphatic carbocycles. The molecule has 3 heteroatoms. The number of ether oxygens (including phenoxy) is 1. The molecule has 1 saturated heterocycles. The van der Waals surface area contributed by atoms with Gasteiger partial charge in [-0.1, -0.05) is 13.8 Å². The molecule has 0 aromatic carbocycles. The van der Waals surface area contributed by atoms with E-state index in [0.717, 1.165) is 19.1 Å². The fourth-order valence-electron chi connectivity index (χ4n) is 2.91. The number of methoxy groups -OCH3 is 1. The lowest BCUT2D eigenvalue weighted by Gasteiger charge is -2.37. The average Bonchev–Trinajstić information content (AvgIpc) is 2.40. The van der Waals surface area contributed by atoms with Crippen LogP contribution >= 0.6 is 0 Å². The number of nitrogens with zero attached hydrogens (tertiary/aromatic N) is 1. The van der Waals surface area contributed by atoms with Crippen LogP contribution in [0.5, 0.6) is 0 Å². The first-order valence-corrected chi connectivity index (χ1v) is 7.67. The van der Waals surface area contributed by atoms with Gasteiger partial charge in [-0.05, 0) is 45.1 Å². The van der Waals surface area contributed by atoms with E-state index in [1.807, 2.05) is 7.11 Å². The zero-order valence-corrected chi connectivity index (χ0v) is 12.7. The lowest BCUT2D eigenvalue weighted by Crippen LogP contribution is -2.47. The van der Waals surface area contributed by atoms with Gasteiger partial charge in [-0.15, -0.1) is 0 Å². The average molecular weight is 256 g/mol. The molecule has 0 amide bonds. The molecular formula is C15H32N2O. The van der Waals surface area contributed by atoms with E-state index >= 15 is 0 Å². The Morgan fingerprint density at radius 1 is 1.33 bits per heavy atom. The summed E-state index contributed by atoms with van der Waals surface area (Å²) in [6, 6.07) is 1.33. The van der Waals surface area contributed by atoms with Crippen molar-refractivity contribution in [1.82, 2.24) is 10.2 Å². The van der Waals surface area contributed by atoms with Crippen molar-refractivity contribution < 1.29 is 4.74 Å². The van der Waals surface area contributed by atoms with Gasteiger partial charge < -0.3 is 10.1 Å². The molecule has 1 heterocycles. The topological polar surface area (TPSA) is 24.5 Å². The van der Waals surface area contributed by atoms with Gasteiger partial charge in [0, 0.05) is 32.3 Å². The Morgan fingerprint density at radius 2 is 2.06 bits per heavy atom. The normalized spacial score (nSPS) is 23.5. The van der Waals surface area contributed by atoms with Crippen molar-refractivity contribution >= 4 is 0 Å². The smallest absolute Gasteiger partial charge is 0.0502 e. The van der Waals surface area contributed by atoms with Gasteiger partial charge in [-0.2, -0.15) is 0 Å². The van der Waals surface area contributed by atoms with Crippen molar-refractivity contribution in [1.29, 1.82) is 0 Å². The molecule has 0 bridgehead atoms. The van der Waals surface area contributed by atoms with E-state index in [0.29, 0.717) is 12.1 Å². The third kappa shape index (κ3) is 5.25. The van der Waals surface area contributed by atoms with Crippen LogP contribution < -0.4 is 5.32 Å². The van der Waals surface area contributed by atoms with Crippen LogP contribution in [0, 0.1) is 5.92 Å². The second-order valence-corrected chi connectivity index (χ2v) is 5.73. The van der Waals surface area contributed by atoms with Gasteiger partial charge in [0.05, 0.1) is 6.61 Å². The maximum Gasteiger partial charge on any atom is 0.0502 e. The lowest BCUT2D eigenvalue weighted by atomic mass is 9.97. The SMILES string of the molecule is CCC(CC)NCC(C)N1CCCC(COC)C1. The number of hydrogen-bond donors (Lipinski definition) is 1. The van der Waals surface area contributed by atoms with Crippen LogP contribution in [-0.4, -0.2) is 50.3 Å². The molecule has 1 aliphatic heterocycles. The molecule has 1 N–H and O–H groups in total. The van der Waals surface area contributed by atoms with Gasteiger partial charge >= 0.3 is 0 Å². The van der Waals surface area contributed by atoms with Crippen LogP contribution in [0.15, 0.2) is 0 Å². The van der Waals surface area contributed by atoms with E-state index in [1.54, 1.807) is 0 Å². The molecule has 108 valence electrons. The summed E-state index contributed by atoms with van der Waals surface area (Å²) >= 11 is 0. The highest BCUT2D eigenvalue weighted by molar-refractivity contribution is 4.79. The van der Waals surface area contributed by atoms with Crippen LogP contribution in [0.2, 0.25) is 0 Å². The largest absolute Gasteiger partial charge is 0.384 e. The van der Waals surface area contributed by atoms with Gasteiger partial charge in [0.25, 0.3) is 0 Å². The third-order valence-electron chi connectivity index (χ3n) is 4.26. The lowest BCUT2D eigenvalue weighted by molar-refractivity contribution is 0.0713. The number of likely N-dealkylation sites (tertiary alicyclic amines) is 1. The van der Waals surface area contributed by atoms with E-state index in [9.17, 15) is 0 Å². The molecule has 3 nitrogen and oxygen atoms in total. The molecule has 0 aromatic rings. The quantitative estimate of drug-likeness (QED) is 0.722. The van der Waals surface area contributed by atoms with Gasteiger partial charge in [-0.3, -0.25) is 4.90 Å². The maximum absolute atomic E-state index is 5.30. The van der Waals surface area contributed by atoms with Crippen LogP contribution in [0.4, 0.5) is 0 Å². The van der Waals surface area contributed by atoms with Gasteiger partial charge in [0.15, 0.2) is 0 Å². The minimum atomic E-state index is 0.644. The van der Waals surface area contributed by atoms with Crippen molar-refractivity contribution in [3.63, 3.8) is 0 Å². The van der Waals surface area contributed by atoms with Gasteiger partial charge in [0.1, 0.15) is 0 Å². The maximum atomic E-state index is 5.30. The molecule has 1 aliphatic rings. The highest BCUT2D eigenvalue weighted by atomic mass is 16.5. The van der Waals surface area contributed by atoms with E-state index in [-0.39, 0.29) is 0 Å². The van der Waals surface area contributed by atoms with Crippen LogP contribution in [0.25, 0.3) is 0 Å². The number of hydrogen-bond acceptors (Lipinski definition) is 3. The number of nitrogens with one attached hydrogen (secondary N) is 1. The predicted molar refractivity (Wildman–Crippen MR) is 78.0 cm³/mol. The van der Waals surface area contributed by atoms with Crippen LogP contribution in [-0.2, 0) is 4.74 Å². The Kier molecular flexibility index (Phi) is 7.87. The monoisotopic (exact) mass is 256 g/mol. The summed E-state index contributed by atoms with van der Waals surface area (Å²) in [5.74, 6) is 0.736. The van der Waals surface area contributed by atoms with Crippen LogP contribution in [0.3, 0.4) is 0 Å². The molecule has 0 radical (unpaired) electrons. The standard InChI is InChI=1S/C15H32N2O/c1-5-15(6-2)16-10-13(3)17-9-7-8-14(11-17)12-18-4/h13-16H,5-12H2,1-4H3. The second-order valence-electron chi connectivity index (χ2n) is 5.73. The molecule has 2 unspecified atom stereocenters. The number of piperidine rings is 1. The zero-order valence-electron chi connectivity index (χ0n) is 12.7. The third-order valence-corrected chi connectivity index (χ3v) is 4.26. The van der Waals surface area contributed by atoms with Crippen molar-refractivity contribution in [2.45, 2.75) is 58.5 Å². The molecule has 18 heavy (non-hydrogen) atoms. The first-order valence-electron chi connectivity index (χ1n) is 7.67. The molecule has 0 spiro atoms. The van der Waals surface area contributed by atoms with E-state index in [1.165, 1.54) is 38.8 Å². The summed E-state index contributed by atoms with van der Waals surface area (Å²) in [4.78, 5) is 2.63. The second kappa shape index (κ2) is 8.89. The summed E-state index contributed by atoms with van der Waals surface area (Å²) in [5, 5.41) is 3.69. The Bertz CT molecular complexity index is 205. The molecule has 1 rings (SSSR count). The first kappa shape index (κ1) is 15.9.